The molecule has 1 aromatic heterocycles. The first-order valence-corrected chi connectivity index (χ1v) is 9.28. The quantitative estimate of drug-likeness (QED) is 0.602. The number of ether oxygens (including phenoxy) is 1. The third-order valence-corrected chi connectivity index (χ3v) is 5.60. The number of piperidine rings is 1. The summed E-state index contributed by atoms with van der Waals surface area (Å²) < 4.78 is 6.14. The lowest BCUT2D eigenvalue weighted by Crippen LogP contribution is -2.38. The van der Waals surface area contributed by atoms with Crippen LogP contribution in [-0.2, 0) is 9.53 Å². The zero-order valence-electron chi connectivity index (χ0n) is 14.2. The van der Waals surface area contributed by atoms with E-state index in [1.807, 2.05) is 25.1 Å². The number of aromatic nitrogens is 1. The Kier molecular flexibility index (Phi) is 5.78. The van der Waals surface area contributed by atoms with Gasteiger partial charge < -0.3 is 14.7 Å². The SMILES string of the molecule is Cc1cccc2sc(C(=O)C3CCN(CCOCC(=O)O)CC3)nc12. The summed E-state index contributed by atoms with van der Waals surface area (Å²) in [7, 11) is 0. The smallest absolute Gasteiger partial charge is 0.329 e. The highest BCUT2D eigenvalue weighted by atomic mass is 32.1. The van der Waals surface area contributed by atoms with E-state index in [1.165, 1.54) is 11.3 Å². The van der Waals surface area contributed by atoms with Crippen LogP contribution in [0, 0.1) is 12.8 Å². The van der Waals surface area contributed by atoms with E-state index >= 15 is 0 Å². The lowest BCUT2D eigenvalue weighted by Gasteiger charge is -2.30. The first-order valence-electron chi connectivity index (χ1n) is 8.47. The summed E-state index contributed by atoms with van der Waals surface area (Å²) >= 11 is 1.48. The predicted octanol–water partition coefficient (Wildman–Crippen LogP) is 2.60. The van der Waals surface area contributed by atoms with E-state index in [0.717, 1.165) is 41.7 Å². The summed E-state index contributed by atoms with van der Waals surface area (Å²) in [6, 6.07) is 6.02. The number of fused-ring (bicyclic) bond motifs is 1. The van der Waals surface area contributed by atoms with Crippen LogP contribution in [0.15, 0.2) is 18.2 Å². The molecule has 134 valence electrons. The predicted molar refractivity (Wildman–Crippen MR) is 96.3 cm³/mol. The number of Topliss-reactive ketones (excluding diaryl/α,β-unsaturated/α-hetero) is 1. The minimum Gasteiger partial charge on any atom is -0.480 e. The number of carbonyl (C=O) groups is 2. The van der Waals surface area contributed by atoms with Gasteiger partial charge in [-0.25, -0.2) is 9.78 Å². The van der Waals surface area contributed by atoms with Crippen molar-refractivity contribution in [2.24, 2.45) is 5.92 Å². The number of nitrogens with zero attached hydrogens (tertiary/aromatic N) is 2. The Morgan fingerprint density at radius 3 is 2.80 bits per heavy atom. The first-order chi connectivity index (χ1) is 12.0. The normalized spacial score (nSPS) is 16.4. The average molecular weight is 362 g/mol. The molecule has 6 nitrogen and oxygen atoms in total. The monoisotopic (exact) mass is 362 g/mol. The van der Waals surface area contributed by atoms with Gasteiger partial charge in [-0.2, -0.15) is 0 Å². The van der Waals surface area contributed by atoms with Crippen LogP contribution < -0.4 is 0 Å². The second-order valence-electron chi connectivity index (χ2n) is 6.37. The number of likely N-dealkylation sites (tertiary alicyclic amines) is 1. The lowest BCUT2D eigenvalue weighted by molar-refractivity contribution is -0.142. The Morgan fingerprint density at radius 2 is 2.12 bits per heavy atom. The van der Waals surface area contributed by atoms with Crippen LogP contribution in [0.3, 0.4) is 0 Å². The van der Waals surface area contributed by atoms with Crippen molar-refractivity contribution in [3.05, 3.63) is 28.8 Å². The highest BCUT2D eigenvalue weighted by Gasteiger charge is 2.27. The van der Waals surface area contributed by atoms with Gasteiger partial charge in [0.2, 0.25) is 0 Å². The van der Waals surface area contributed by atoms with E-state index < -0.39 is 5.97 Å². The molecule has 3 rings (SSSR count). The summed E-state index contributed by atoms with van der Waals surface area (Å²) in [5.41, 5.74) is 2.04. The van der Waals surface area contributed by atoms with Crippen molar-refractivity contribution in [3.8, 4) is 0 Å². The fourth-order valence-electron chi connectivity index (χ4n) is 3.14. The molecule has 0 aliphatic carbocycles. The number of benzene rings is 1. The number of carboxylic acid groups (broad SMARTS) is 1. The van der Waals surface area contributed by atoms with Gasteiger partial charge in [-0.05, 0) is 44.5 Å². The Bertz CT molecular complexity index is 766. The van der Waals surface area contributed by atoms with Crippen LogP contribution in [-0.4, -0.2) is 59.6 Å². The maximum absolute atomic E-state index is 12.8. The maximum Gasteiger partial charge on any atom is 0.329 e. The van der Waals surface area contributed by atoms with Crippen LogP contribution in [0.2, 0.25) is 0 Å². The Balaban J connectivity index is 1.52. The van der Waals surface area contributed by atoms with E-state index in [4.69, 9.17) is 9.84 Å². The van der Waals surface area contributed by atoms with Gasteiger partial charge in [0.15, 0.2) is 10.8 Å². The van der Waals surface area contributed by atoms with Gasteiger partial charge in [-0.15, -0.1) is 11.3 Å². The molecule has 0 radical (unpaired) electrons. The van der Waals surface area contributed by atoms with E-state index in [0.29, 0.717) is 18.2 Å². The van der Waals surface area contributed by atoms with Crippen LogP contribution in [0.1, 0.15) is 28.2 Å². The summed E-state index contributed by atoms with van der Waals surface area (Å²) in [5.74, 6) is -0.769. The zero-order valence-corrected chi connectivity index (χ0v) is 15.1. The number of aliphatic carboxylic acids is 1. The molecule has 7 heteroatoms. The summed E-state index contributed by atoms with van der Waals surface area (Å²) in [4.78, 5) is 29.9. The first kappa shape index (κ1) is 18.0. The van der Waals surface area contributed by atoms with Crippen molar-refractivity contribution in [1.29, 1.82) is 0 Å². The third kappa shape index (κ3) is 4.42. The maximum atomic E-state index is 12.8. The van der Waals surface area contributed by atoms with Crippen LogP contribution in [0.5, 0.6) is 0 Å². The zero-order chi connectivity index (χ0) is 17.8. The van der Waals surface area contributed by atoms with Crippen molar-refractivity contribution >= 4 is 33.3 Å². The summed E-state index contributed by atoms with van der Waals surface area (Å²) in [6.07, 6.45) is 1.62. The van der Waals surface area contributed by atoms with Crippen molar-refractivity contribution in [1.82, 2.24) is 9.88 Å². The molecule has 1 fully saturated rings. The van der Waals surface area contributed by atoms with E-state index in [-0.39, 0.29) is 18.3 Å². The number of hydrogen-bond acceptors (Lipinski definition) is 6. The Morgan fingerprint density at radius 1 is 1.36 bits per heavy atom. The molecule has 1 saturated heterocycles. The van der Waals surface area contributed by atoms with E-state index in [9.17, 15) is 9.59 Å². The molecule has 25 heavy (non-hydrogen) atoms. The minimum atomic E-state index is -0.949. The molecule has 1 aliphatic heterocycles. The van der Waals surface area contributed by atoms with Gasteiger partial charge in [0.1, 0.15) is 6.61 Å². The molecule has 2 heterocycles. The molecule has 0 atom stereocenters. The molecule has 1 aliphatic rings. The van der Waals surface area contributed by atoms with E-state index in [2.05, 4.69) is 9.88 Å². The number of rotatable bonds is 7. The third-order valence-electron chi connectivity index (χ3n) is 4.57. The second-order valence-corrected chi connectivity index (χ2v) is 7.40. The molecule has 0 amide bonds. The number of carbonyl (C=O) groups excluding carboxylic acids is 1. The van der Waals surface area contributed by atoms with Gasteiger partial charge in [-0.1, -0.05) is 12.1 Å². The van der Waals surface area contributed by atoms with Gasteiger partial charge in [0, 0.05) is 12.5 Å². The average Bonchev–Trinajstić information content (AvgIpc) is 3.04. The summed E-state index contributed by atoms with van der Waals surface area (Å²) in [6.45, 7) is 4.53. The fraction of sp³-hybridized carbons (Fsp3) is 0.500. The van der Waals surface area contributed by atoms with Crippen LogP contribution in [0.25, 0.3) is 10.2 Å². The lowest BCUT2D eigenvalue weighted by atomic mass is 9.93. The molecule has 0 bridgehead atoms. The van der Waals surface area contributed by atoms with Crippen LogP contribution >= 0.6 is 11.3 Å². The van der Waals surface area contributed by atoms with Gasteiger partial charge >= 0.3 is 5.97 Å². The highest BCUT2D eigenvalue weighted by Crippen LogP contribution is 2.29. The molecule has 1 aromatic carbocycles. The van der Waals surface area contributed by atoms with Crippen molar-refractivity contribution in [2.45, 2.75) is 19.8 Å². The molecule has 0 unspecified atom stereocenters. The molecule has 0 saturated carbocycles. The number of carboxylic acids is 1. The van der Waals surface area contributed by atoms with Crippen molar-refractivity contribution < 1.29 is 19.4 Å². The minimum absolute atomic E-state index is 0.0251. The van der Waals surface area contributed by atoms with Gasteiger partial charge in [-0.3, -0.25) is 4.79 Å². The molecule has 1 N–H and O–H groups in total. The van der Waals surface area contributed by atoms with Crippen molar-refractivity contribution in [3.63, 3.8) is 0 Å². The Labute approximate surface area is 150 Å². The fourth-order valence-corrected chi connectivity index (χ4v) is 4.20. The number of thiazole rings is 1. The van der Waals surface area contributed by atoms with Gasteiger partial charge in [0.05, 0.1) is 16.8 Å². The summed E-state index contributed by atoms with van der Waals surface area (Å²) in [5, 5.41) is 9.16. The second kappa shape index (κ2) is 8.03. The number of para-hydroxylation sites is 1. The van der Waals surface area contributed by atoms with Crippen molar-refractivity contribution in [2.75, 3.05) is 32.8 Å². The molecular weight excluding hydrogens is 340 g/mol. The number of aryl methyl sites for hydroxylation is 1. The van der Waals surface area contributed by atoms with E-state index in [1.54, 1.807) is 0 Å². The topological polar surface area (TPSA) is 79.7 Å². The number of hydrogen-bond donors (Lipinski definition) is 1. The van der Waals surface area contributed by atoms with Gasteiger partial charge in [0.25, 0.3) is 0 Å². The Hall–Kier alpha value is -1.83. The molecule has 2 aromatic rings. The molecular formula is C18H22N2O4S. The molecule has 0 spiro atoms. The number of ketones is 1. The highest BCUT2D eigenvalue weighted by molar-refractivity contribution is 7.20. The van der Waals surface area contributed by atoms with Crippen LogP contribution in [0.4, 0.5) is 0 Å². The largest absolute Gasteiger partial charge is 0.480 e. The standard InChI is InChI=1S/C18H22N2O4S/c1-12-3-2-4-14-16(12)19-18(25-14)17(23)13-5-7-20(8-6-13)9-10-24-11-15(21)22/h2-4,13H,5-11H2,1H3,(H,21,22).